The van der Waals surface area contributed by atoms with Crippen molar-refractivity contribution in [3.05, 3.63) is 0 Å². The Balaban J connectivity index is 2.59. The van der Waals surface area contributed by atoms with Crippen LogP contribution in [0.25, 0.3) is 0 Å². The van der Waals surface area contributed by atoms with E-state index in [2.05, 4.69) is 0 Å². The molecule has 1 nitrogen and oxygen atoms in total. The van der Waals surface area contributed by atoms with Gasteiger partial charge in [-0.1, -0.05) is 0 Å². The Labute approximate surface area is 40.0 Å². The molecule has 1 fully saturated rings. The van der Waals surface area contributed by atoms with Gasteiger partial charge in [0.1, 0.15) is 5.60 Å². The van der Waals surface area contributed by atoms with E-state index < -0.39 is 11.5 Å². The average molecular weight is 108 g/mol. The van der Waals surface area contributed by atoms with Crippen LogP contribution in [0.3, 0.4) is 0 Å². The van der Waals surface area contributed by atoms with E-state index in [9.17, 15) is 8.78 Å². The average Bonchev–Trinajstić information content (AvgIpc) is 1.63. The fraction of sp³-hybridized carbons (Fsp3) is 1.00. The van der Waals surface area contributed by atoms with Crippen LogP contribution in [0.1, 0.15) is 13.3 Å². The zero-order valence-electron chi connectivity index (χ0n) is 3.91. The molecular formula is C4H6F2O. The molecular weight excluding hydrogens is 102 g/mol. The number of rotatable bonds is 0. The molecule has 0 radical (unpaired) electrons. The maximum Gasteiger partial charge on any atom is 0.279 e. The fourth-order valence-electron chi connectivity index (χ4n) is 0.388. The number of alkyl halides is 2. The highest BCUT2D eigenvalue weighted by atomic mass is 19.3. The van der Waals surface area contributed by atoms with Gasteiger partial charge in [0.05, 0.1) is 0 Å². The van der Waals surface area contributed by atoms with Gasteiger partial charge in [-0.05, 0) is 6.92 Å². The van der Waals surface area contributed by atoms with Crippen molar-refractivity contribution in [2.24, 2.45) is 0 Å². The van der Waals surface area contributed by atoms with Crippen LogP contribution < -0.4 is 0 Å². The first-order chi connectivity index (χ1) is 2.96. The highest BCUT2D eigenvalue weighted by molar-refractivity contribution is 5.08. The molecule has 1 atom stereocenters. The molecule has 1 N–H and O–H groups in total. The first kappa shape index (κ1) is 4.97. The summed E-state index contributed by atoms with van der Waals surface area (Å²) in [6, 6.07) is 0. The van der Waals surface area contributed by atoms with Gasteiger partial charge < -0.3 is 5.11 Å². The molecule has 1 aliphatic rings. The normalized spacial score (nSPS) is 46.3. The van der Waals surface area contributed by atoms with Crippen molar-refractivity contribution in [3.63, 3.8) is 0 Å². The summed E-state index contributed by atoms with van der Waals surface area (Å²) in [5.41, 5.74) is -1.69. The van der Waals surface area contributed by atoms with Gasteiger partial charge in [0.2, 0.25) is 0 Å². The summed E-state index contributed by atoms with van der Waals surface area (Å²) in [5, 5.41) is 8.41. The lowest BCUT2D eigenvalue weighted by Crippen LogP contribution is -2.11. The molecule has 1 aliphatic carbocycles. The largest absolute Gasteiger partial charge is 0.384 e. The minimum atomic E-state index is -2.80. The van der Waals surface area contributed by atoms with E-state index in [1.165, 1.54) is 0 Å². The van der Waals surface area contributed by atoms with Crippen LogP contribution in [0, 0.1) is 0 Å². The third-order valence-corrected chi connectivity index (χ3v) is 1.23. The summed E-state index contributed by atoms with van der Waals surface area (Å²) in [4.78, 5) is 0. The van der Waals surface area contributed by atoms with Crippen LogP contribution in [-0.4, -0.2) is 16.6 Å². The van der Waals surface area contributed by atoms with E-state index in [-0.39, 0.29) is 6.42 Å². The molecule has 0 aromatic carbocycles. The van der Waals surface area contributed by atoms with Crippen molar-refractivity contribution in [3.8, 4) is 0 Å². The van der Waals surface area contributed by atoms with E-state index in [4.69, 9.17) is 5.11 Å². The Bertz CT molecular complexity index is 85.9. The topological polar surface area (TPSA) is 20.2 Å². The lowest BCUT2D eigenvalue weighted by molar-refractivity contribution is 0.00607. The molecule has 0 aromatic rings. The lowest BCUT2D eigenvalue weighted by atomic mass is 10.4. The lowest BCUT2D eigenvalue weighted by Gasteiger charge is -1.95. The smallest absolute Gasteiger partial charge is 0.279 e. The summed E-state index contributed by atoms with van der Waals surface area (Å²) >= 11 is 0. The summed E-state index contributed by atoms with van der Waals surface area (Å²) < 4.78 is 23.3. The SMILES string of the molecule is C[C@@]1(O)CC1(F)F. The van der Waals surface area contributed by atoms with Gasteiger partial charge >= 0.3 is 0 Å². The molecule has 0 aliphatic heterocycles. The first-order valence-corrected chi connectivity index (χ1v) is 2.06. The summed E-state index contributed by atoms with van der Waals surface area (Å²) in [5.74, 6) is -2.80. The van der Waals surface area contributed by atoms with Crippen LogP contribution >= 0.6 is 0 Å². The second kappa shape index (κ2) is 0.823. The molecule has 3 heteroatoms. The van der Waals surface area contributed by atoms with Crippen LogP contribution in [-0.2, 0) is 0 Å². The number of hydrogen-bond donors (Lipinski definition) is 1. The van der Waals surface area contributed by atoms with Crippen LogP contribution in [0.5, 0.6) is 0 Å². The predicted octanol–water partition coefficient (Wildman–Crippen LogP) is 0.776. The Morgan fingerprint density at radius 1 is 1.57 bits per heavy atom. The maximum atomic E-state index is 11.7. The van der Waals surface area contributed by atoms with Crippen molar-refractivity contribution in [1.82, 2.24) is 0 Å². The zero-order chi connectivity index (χ0) is 5.71. The molecule has 0 unspecified atom stereocenters. The van der Waals surface area contributed by atoms with E-state index in [1.807, 2.05) is 0 Å². The monoisotopic (exact) mass is 108 g/mol. The van der Waals surface area contributed by atoms with Crippen molar-refractivity contribution < 1.29 is 13.9 Å². The van der Waals surface area contributed by atoms with Crippen molar-refractivity contribution in [1.29, 1.82) is 0 Å². The van der Waals surface area contributed by atoms with E-state index in [0.29, 0.717) is 0 Å². The molecule has 42 valence electrons. The van der Waals surface area contributed by atoms with Crippen molar-refractivity contribution in [2.45, 2.75) is 24.9 Å². The summed E-state index contributed by atoms with van der Waals surface area (Å²) in [6.07, 6.45) is -0.375. The molecule has 0 aromatic heterocycles. The second-order valence-electron chi connectivity index (χ2n) is 2.16. The second-order valence-corrected chi connectivity index (χ2v) is 2.16. The van der Waals surface area contributed by atoms with Gasteiger partial charge in [-0.15, -0.1) is 0 Å². The summed E-state index contributed by atoms with van der Waals surface area (Å²) in [7, 11) is 0. The third-order valence-electron chi connectivity index (χ3n) is 1.23. The van der Waals surface area contributed by atoms with Crippen LogP contribution in [0.15, 0.2) is 0 Å². The van der Waals surface area contributed by atoms with Crippen molar-refractivity contribution in [2.75, 3.05) is 0 Å². The van der Waals surface area contributed by atoms with Gasteiger partial charge in [0.15, 0.2) is 0 Å². The van der Waals surface area contributed by atoms with E-state index in [1.54, 1.807) is 0 Å². The first-order valence-electron chi connectivity index (χ1n) is 2.06. The molecule has 1 rings (SSSR count). The maximum absolute atomic E-state index is 11.7. The van der Waals surface area contributed by atoms with E-state index in [0.717, 1.165) is 6.92 Å². The van der Waals surface area contributed by atoms with Gasteiger partial charge in [-0.2, -0.15) is 0 Å². The third kappa shape index (κ3) is 0.517. The molecule has 0 bridgehead atoms. The molecule has 0 heterocycles. The number of aliphatic hydroxyl groups is 1. The highest BCUT2D eigenvalue weighted by Gasteiger charge is 2.67. The van der Waals surface area contributed by atoms with E-state index >= 15 is 0 Å². The standard InChI is InChI=1S/C4H6F2O/c1-3(7)2-4(3,5)6/h7H,2H2,1H3/t3-/m1/s1. The Morgan fingerprint density at radius 2 is 1.71 bits per heavy atom. The minimum Gasteiger partial charge on any atom is -0.384 e. The Hall–Kier alpha value is -0.180. The summed E-state index contributed by atoms with van der Waals surface area (Å²) in [6.45, 7) is 1.13. The molecule has 1 saturated carbocycles. The molecule has 7 heavy (non-hydrogen) atoms. The van der Waals surface area contributed by atoms with Gasteiger partial charge in [0, 0.05) is 6.42 Å². The zero-order valence-corrected chi connectivity index (χ0v) is 3.91. The quantitative estimate of drug-likeness (QED) is 0.486. The van der Waals surface area contributed by atoms with Gasteiger partial charge in [-0.25, -0.2) is 8.78 Å². The van der Waals surface area contributed by atoms with Gasteiger partial charge in [0.25, 0.3) is 5.92 Å². The minimum absolute atomic E-state index is 0.375. The molecule has 0 spiro atoms. The Morgan fingerprint density at radius 3 is 1.71 bits per heavy atom. The molecule has 0 saturated heterocycles. The predicted molar refractivity (Wildman–Crippen MR) is 20.2 cm³/mol. The molecule has 0 amide bonds. The van der Waals surface area contributed by atoms with Crippen molar-refractivity contribution >= 4 is 0 Å². The number of halogens is 2. The van der Waals surface area contributed by atoms with Gasteiger partial charge in [-0.3, -0.25) is 0 Å². The highest BCUT2D eigenvalue weighted by Crippen LogP contribution is 2.51. The van der Waals surface area contributed by atoms with Crippen LogP contribution in [0.2, 0.25) is 0 Å². The number of hydrogen-bond acceptors (Lipinski definition) is 1. The fourth-order valence-corrected chi connectivity index (χ4v) is 0.388. The Kier molecular flexibility index (Phi) is 0.584. The van der Waals surface area contributed by atoms with Crippen LogP contribution in [0.4, 0.5) is 8.78 Å².